The van der Waals surface area contributed by atoms with Crippen molar-refractivity contribution in [2.75, 3.05) is 11.4 Å². The quantitative estimate of drug-likeness (QED) is 0.621. The Labute approximate surface area is 157 Å². The SMILES string of the molecule is CC(C)OC(=O)[C@H]1[C@H]2C=C[C@@]3(CN(c4cccc5ccccc45)C(=O)[C@@H]13)O2. The van der Waals surface area contributed by atoms with Crippen molar-refractivity contribution in [1.82, 2.24) is 0 Å². The van der Waals surface area contributed by atoms with Crippen LogP contribution in [0.15, 0.2) is 54.6 Å². The zero-order chi connectivity index (χ0) is 18.8. The Hall–Kier alpha value is -2.66. The summed E-state index contributed by atoms with van der Waals surface area (Å²) in [4.78, 5) is 27.9. The van der Waals surface area contributed by atoms with Gasteiger partial charge < -0.3 is 14.4 Å². The Kier molecular flexibility index (Phi) is 3.46. The standard InChI is InChI=1S/C22H21NO4/c1-13(2)26-21(25)18-17-10-11-22(27-17)12-23(20(24)19(18)22)16-9-5-7-14-6-3-4-8-15(14)16/h3-11,13,17-19H,12H2,1-2H3/t17-,18+,19-,22+/m1/s1. The first-order valence-electron chi connectivity index (χ1n) is 9.37. The van der Waals surface area contributed by atoms with E-state index in [2.05, 4.69) is 0 Å². The maximum atomic E-state index is 13.4. The van der Waals surface area contributed by atoms with Crippen LogP contribution in [0.3, 0.4) is 0 Å². The van der Waals surface area contributed by atoms with Crippen molar-refractivity contribution >= 4 is 28.3 Å². The first kappa shape index (κ1) is 16.5. The highest BCUT2D eigenvalue weighted by Crippen LogP contribution is 2.53. The second-order valence-corrected chi connectivity index (χ2v) is 7.81. The lowest BCUT2D eigenvalue weighted by Crippen LogP contribution is -2.40. The second-order valence-electron chi connectivity index (χ2n) is 7.81. The monoisotopic (exact) mass is 363 g/mol. The van der Waals surface area contributed by atoms with Crippen LogP contribution >= 0.6 is 0 Å². The number of ether oxygens (including phenoxy) is 2. The fourth-order valence-corrected chi connectivity index (χ4v) is 4.73. The van der Waals surface area contributed by atoms with Gasteiger partial charge in [0.2, 0.25) is 5.91 Å². The van der Waals surface area contributed by atoms with Gasteiger partial charge in [-0.05, 0) is 25.3 Å². The predicted molar refractivity (Wildman–Crippen MR) is 101 cm³/mol. The molecule has 2 bridgehead atoms. The molecule has 0 radical (unpaired) electrons. The Morgan fingerprint density at radius 1 is 1.22 bits per heavy atom. The first-order valence-corrected chi connectivity index (χ1v) is 9.37. The van der Waals surface area contributed by atoms with Gasteiger partial charge in [0, 0.05) is 5.39 Å². The molecule has 0 unspecified atom stereocenters. The number of carbonyl (C=O) groups excluding carboxylic acids is 2. The summed E-state index contributed by atoms with van der Waals surface area (Å²) in [6.45, 7) is 4.05. The number of amides is 1. The summed E-state index contributed by atoms with van der Waals surface area (Å²) < 4.78 is 11.6. The van der Waals surface area contributed by atoms with E-state index >= 15 is 0 Å². The number of benzene rings is 2. The number of nitrogens with zero attached hydrogens (tertiary/aromatic N) is 1. The zero-order valence-electron chi connectivity index (χ0n) is 15.3. The lowest BCUT2D eigenvalue weighted by Gasteiger charge is -2.23. The van der Waals surface area contributed by atoms with E-state index in [0.717, 1.165) is 16.5 Å². The molecule has 0 N–H and O–H groups in total. The second kappa shape index (κ2) is 5.67. The molecule has 5 nitrogen and oxygen atoms in total. The Balaban J connectivity index is 1.55. The van der Waals surface area contributed by atoms with Crippen LogP contribution in [0.5, 0.6) is 0 Å². The van der Waals surface area contributed by atoms with Gasteiger partial charge in [0.25, 0.3) is 0 Å². The van der Waals surface area contributed by atoms with Crippen LogP contribution in [0.25, 0.3) is 10.8 Å². The van der Waals surface area contributed by atoms with Crippen molar-refractivity contribution in [2.45, 2.75) is 31.7 Å². The summed E-state index contributed by atoms with van der Waals surface area (Å²) >= 11 is 0. The molecule has 0 aliphatic carbocycles. The molecule has 1 spiro atoms. The predicted octanol–water partition coefficient (Wildman–Crippen LogP) is 3.08. The van der Waals surface area contributed by atoms with E-state index in [1.165, 1.54) is 0 Å². The normalized spacial score (nSPS) is 31.1. The maximum absolute atomic E-state index is 13.4. The van der Waals surface area contributed by atoms with E-state index in [9.17, 15) is 9.59 Å². The van der Waals surface area contributed by atoms with Gasteiger partial charge in [0.1, 0.15) is 11.5 Å². The molecular formula is C22H21NO4. The van der Waals surface area contributed by atoms with E-state index in [0.29, 0.717) is 6.54 Å². The van der Waals surface area contributed by atoms with Gasteiger partial charge in [0.15, 0.2) is 0 Å². The molecule has 2 aromatic rings. The van der Waals surface area contributed by atoms with E-state index in [4.69, 9.17) is 9.47 Å². The summed E-state index contributed by atoms with van der Waals surface area (Å²) in [7, 11) is 0. The van der Waals surface area contributed by atoms with E-state index in [1.807, 2.05) is 68.5 Å². The summed E-state index contributed by atoms with van der Waals surface area (Å²) in [5, 5.41) is 2.10. The molecule has 5 rings (SSSR count). The number of esters is 1. The van der Waals surface area contributed by atoms with Crippen LogP contribution in [0.2, 0.25) is 0 Å². The minimum atomic E-state index is -0.737. The van der Waals surface area contributed by atoms with Crippen LogP contribution in [0.4, 0.5) is 5.69 Å². The van der Waals surface area contributed by atoms with Crippen molar-refractivity contribution in [3.63, 3.8) is 0 Å². The Bertz CT molecular complexity index is 976. The van der Waals surface area contributed by atoms with Gasteiger partial charge in [-0.3, -0.25) is 9.59 Å². The Morgan fingerprint density at radius 3 is 2.81 bits per heavy atom. The molecule has 5 heteroatoms. The van der Waals surface area contributed by atoms with Crippen molar-refractivity contribution in [3.8, 4) is 0 Å². The molecule has 3 heterocycles. The highest BCUT2D eigenvalue weighted by atomic mass is 16.6. The van der Waals surface area contributed by atoms with Crippen LogP contribution < -0.4 is 4.90 Å². The molecular weight excluding hydrogens is 342 g/mol. The summed E-state index contributed by atoms with van der Waals surface area (Å²) in [5.41, 5.74) is 0.123. The highest BCUT2D eigenvalue weighted by Gasteiger charge is 2.67. The lowest BCUT2D eigenvalue weighted by atomic mass is 9.77. The number of anilines is 1. The largest absolute Gasteiger partial charge is 0.463 e. The van der Waals surface area contributed by atoms with Gasteiger partial charge in [-0.1, -0.05) is 48.6 Å². The number of hydrogen-bond donors (Lipinski definition) is 0. The lowest BCUT2D eigenvalue weighted by molar-refractivity contribution is -0.156. The first-order chi connectivity index (χ1) is 13.0. The molecule has 1 amide bonds. The fourth-order valence-electron chi connectivity index (χ4n) is 4.73. The summed E-state index contributed by atoms with van der Waals surface area (Å²) in [6.07, 6.45) is 3.27. The van der Waals surface area contributed by atoms with Crippen molar-refractivity contribution in [2.24, 2.45) is 11.8 Å². The van der Waals surface area contributed by atoms with Gasteiger partial charge in [-0.25, -0.2) is 0 Å². The van der Waals surface area contributed by atoms with Crippen LogP contribution in [-0.2, 0) is 19.1 Å². The van der Waals surface area contributed by atoms with Gasteiger partial charge >= 0.3 is 5.97 Å². The van der Waals surface area contributed by atoms with Crippen molar-refractivity contribution in [3.05, 3.63) is 54.6 Å². The fraction of sp³-hybridized carbons (Fsp3) is 0.364. The molecule has 27 heavy (non-hydrogen) atoms. The van der Waals surface area contributed by atoms with E-state index < -0.39 is 17.4 Å². The average molecular weight is 363 g/mol. The third kappa shape index (κ3) is 2.28. The highest BCUT2D eigenvalue weighted by molar-refractivity contribution is 6.08. The molecule has 0 aromatic heterocycles. The van der Waals surface area contributed by atoms with Gasteiger partial charge in [-0.15, -0.1) is 0 Å². The smallest absolute Gasteiger partial charge is 0.313 e. The molecule has 2 fully saturated rings. The van der Waals surface area contributed by atoms with Crippen molar-refractivity contribution < 1.29 is 19.1 Å². The molecule has 2 aromatic carbocycles. The molecule has 138 valence electrons. The van der Waals surface area contributed by atoms with E-state index in [-0.39, 0.29) is 24.1 Å². The minimum Gasteiger partial charge on any atom is -0.463 e. The molecule has 0 saturated carbocycles. The van der Waals surface area contributed by atoms with Gasteiger partial charge in [0.05, 0.1) is 30.4 Å². The number of hydrogen-bond acceptors (Lipinski definition) is 4. The summed E-state index contributed by atoms with van der Waals surface area (Å²) in [5.74, 6) is -1.52. The molecule has 4 atom stereocenters. The number of carbonyl (C=O) groups is 2. The van der Waals surface area contributed by atoms with Crippen LogP contribution in [0, 0.1) is 11.8 Å². The minimum absolute atomic E-state index is 0.0658. The maximum Gasteiger partial charge on any atom is 0.313 e. The number of fused-ring (bicyclic) bond motifs is 2. The van der Waals surface area contributed by atoms with E-state index in [1.54, 1.807) is 4.90 Å². The third-order valence-corrected chi connectivity index (χ3v) is 5.78. The number of rotatable bonds is 3. The Morgan fingerprint density at radius 2 is 2.00 bits per heavy atom. The van der Waals surface area contributed by atoms with Crippen LogP contribution in [-0.4, -0.2) is 36.2 Å². The molecule has 3 aliphatic heterocycles. The molecule has 3 aliphatic rings. The van der Waals surface area contributed by atoms with Crippen LogP contribution in [0.1, 0.15) is 13.8 Å². The van der Waals surface area contributed by atoms with Gasteiger partial charge in [-0.2, -0.15) is 0 Å². The third-order valence-electron chi connectivity index (χ3n) is 5.78. The van der Waals surface area contributed by atoms with Crippen molar-refractivity contribution in [1.29, 1.82) is 0 Å². The average Bonchev–Trinajstić information content (AvgIpc) is 3.29. The topological polar surface area (TPSA) is 55.8 Å². The zero-order valence-corrected chi connectivity index (χ0v) is 15.3. The summed E-state index contributed by atoms with van der Waals surface area (Å²) in [6, 6.07) is 13.9. The molecule has 2 saturated heterocycles.